The Bertz CT molecular complexity index is 360. The van der Waals surface area contributed by atoms with E-state index in [1.807, 2.05) is 6.92 Å². The maximum Gasteiger partial charge on any atom is 0.251 e. The Hall–Kier alpha value is -0.420. The van der Waals surface area contributed by atoms with Crippen molar-refractivity contribution in [2.24, 2.45) is 0 Å². The van der Waals surface area contributed by atoms with Crippen LogP contribution in [0.25, 0.3) is 0 Å². The van der Waals surface area contributed by atoms with Gasteiger partial charge in [0.2, 0.25) is 0 Å². The summed E-state index contributed by atoms with van der Waals surface area (Å²) < 4.78 is 13.6. The van der Waals surface area contributed by atoms with Gasteiger partial charge in [-0.3, -0.25) is 4.79 Å². The minimum Gasteiger partial charge on any atom is -0.348 e. The first kappa shape index (κ1) is 13.6. The number of amides is 1. The van der Waals surface area contributed by atoms with Crippen molar-refractivity contribution in [3.63, 3.8) is 0 Å². The second-order valence-corrected chi connectivity index (χ2v) is 4.95. The van der Waals surface area contributed by atoms with Crippen molar-refractivity contribution in [3.8, 4) is 0 Å². The van der Waals surface area contributed by atoms with Crippen LogP contribution >= 0.6 is 31.9 Å². The van der Waals surface area contributed by atoms with Crippen LogP contribution in [0, 0.1) is 5.82 Å². The van der Waals surface area contributed by atoms with Gasteiger partial charge in [0.15, 0.2) is 0 Å². The van der Waals surface area contributed by atoms with Gasteiger partial charge in [-0.2, -0.15) is 0 Å². The molecule has 16 heavy (non-hydrogen) atoms. The zero-order valence-corrected chi connectivity index (χ0v) is 11.9. The van der Waals surface area contributed by atoms with Gasteiger partial charge in [0.1, 0.15) is 5.82 Å². The first-order valence-corrected chi connectivity index (χ1v) is 6.81. The van der Waals surface area contributed by atoms with Gasteiger partial charge in [0, 0.05) is 21.4 Å². The minimum absolute atomic E-state index is 0.0644. The van der Waals surface area contributed by atoms with Crippen LogP contribution in [0.15, 0.2) is 22.7 Å². The van der Waals surface area contributed by atoms with Gasteiger partial charge >= 0.3 is 0 Å². The Morgan fingerprint density at radius 1 is 1.50 bits per heavy atom. The molecule has 88 valence electrons. The van der Waals surface area contributed by atoms with Crippen molar-refractivity contribution in [1.29, 1.82) is 0 Å². The molecule has 1 atom stereocenters. The second-order valence-electron chi connectivity index (χ2n) is 3.39. The highest BCUT2D eigenvalue weighted by Gasteiger charge is 2.12. The number of nitrogens with one attached hydrogen (secondary N) is 1. The van der Waals surface area contributed by atoms with Crippen LogP contribution in [-0.4, -0.2) is 17.3 Å². The number of rotatable bonds is 4. The molecule has 0 spiro atoms. The van der Waals surface area contributed by atoms with Crippen molar-refractivity contribution in [2.75, 3.05) is 5.33 Å². The van der Waals surface area contributed by atoms with Gasteiger partial charge < -0.3 is 5.32 Å². The molecule has 0 aliphatic rings. The maximum absolute atomic E-state index is 13.1. The lowest BCUT2D eigenvalue weighted by Gasteiger charge is -2.14. The monoisotopic (exact) mass is 351 g/mol. The highest BCUT2D eigenvalue weighted by molar-refractivity contribution is 9.10. The van der Waals surface area contributed by atoms with E-state index in [0.29, 0.717) is 15.4 Å². The third kappa shape index (κ3) is 3.87. The predicted molar refractivity (Wildman–Crippen MR) is 69.4 cm³/mol. The van der Waals surface area contributed by atoms with E-state index in [2.05, 4.69) is 37.2 Å². The van der Waals surface area contributed by atoms with E-state index in [1.54, 1.807) is 6.07 Å². The minimum atomic E-state index is -0.425. The van der Waals surface area contributed by atoms with E-state index in [9.17, 15) is 9.18 Å². The molecular weight excluding hydrogens is 341 g/mol. The fraction of sp³-hybridized carbons (Fsp3) is 0.364. The first-order chi connectivity index (χ1) is 7.56. The molecule has 0 heterocycles. The Labute approximate surface area is 111 Å². The average molecular weight is 353 g/mol. The van der Waals surface area contributed by atoms with Crippen molar-refractivity contribution < 1.29 is 9.18 Å². The number of alkyl halides is 1. The summed E-state index contributed by atoms with van der Waals surface area (Å²) in [5.74, 6) is -0.682. The summed E-state index contributed by atoms with van der Waals surface area (Å²) in [6.07, 6.45) is 0.827. The Kier molecular flexibility index (Phi) is 5.41. The topological polar surface area (TPSA) is 29.1 Å². The molecule has 0 radical (unpaired) electrons. The number of carbonyl (C=O) groups excluding carboxylic acids is 1. The van der Waals surface area contributed by atoms with E-state index in [-0.39, 0.29) is 11.9 Å². The van der Waals surface area contributed by atoms with Gasteiger partial charge in [-0.05, 0) is 24.6 Å². The van der Waals surface area contributed by atoms with Crippen molar-refractivity contribution in [3.05, 3.63) is 34.1 Å². The molecular formula is C11H12Br2FNO. The lowest BCUT2D eigenvalue weighted by molar-refractivity contribution is 0.0939. The Morgan fingerprint density at radius 3 is 2.69 bits per heavy atom. The van der Waals surface area contributed by atoms with Crippen LogP contribution in [0.3, 0.4) is 0 Å². The second kappa shape index (κ2) is 6.35. The van der Waals surface area contributed by atoms with Crippen molar-refractivity contribution in [2.45, 2.75) is 19.4 Å². The highest BCUT2D eigenvalue weighted by atomic mass is 79.9. The van der Waals surface area contributed by atoms with Crippen LogP contribution < -0.4 is 5.32 Å². The summed E-state index contributed by atoms with van der Waals surface area (Å²) in [4.78, 5) is 11.8. The molecule has 0 saturated heterocycles. The standard InChI is InChI=1S/C11H12Br2FNO/c1-2-10(6-12)15-11(16)7-3-8(13)5-9(14)4-7/h3-5,10H,2,6H2,1H3,(H,15,16). The predicted octanol–water partition coefficient (Wildman–Crippen LogP) is 3.49. The molecule has 5 heteroatoms. The maximum atomic E-state index is 13.1. The van der Waals surface area contributed by atoms with Crippen LogP contribution in [0.2, 0.25) is 0 Å². The zero-order valence-electron chi connectivity index (χ0n) is 8.77. The zero-order chi connectivity index (χ0) is 12.1. The molecule has 0 aliphatic carbocycles. The largest absolute Gasteiger partial charge is 0.348 e. The third-order valence-electron chi connectivity index (χ3n) is 2.14. The number of benzene rings is 1. The average Bonchev–Trinajstić information content (AvgIpc) is 2.24. The van der Waals surface area contributed by atoms with Crippen molar-refractivity contribution >= 4 is 37.8 Å². The fourth-order valence-electron chi connectivity index (χ4n) is 1.20. The summed E-state index contributed by atoms with van der Waals surface area (Å²) in [7, 11) is 0. The number of carbonyl (C=O) groups is 1. The first-order valence-electron chi connectivity index (χ1n) is 4.89. The SMILES string of the molecule is CCC(CBr)NC(=O)c1cc(F)cc(Br)c1. The van der Waals surface area contributed by atoms with Crippen molar-refractivity contribution in [1.82, 2.24) is 5.32 Å². The molecule has 1 amide bonds. The molecule has 1 rings (SSSR count). The molecule has 0 saturated carbocycles. The summed E-state index contributed by atoms with van der Waals surface area (Å²) in [6.45, 7) is 1.98. The molecule has 0 bridgehead atoms. The highest BCUT2D eigenvalue weighted by Crippen LogP contribution is 2.15. The summed E-state index contributed by atoms with van der Waals surface area (Å²) in [5, 5.41) is 3.50. The van der Waals surface area contributed by atoms with Crippen LogP contribution in [0.4, 0.5) is 4.39 Å². The smallest absolute Gasteiger partial charge is 0.251 e. The number of hydrogen-bond donors (Lipinski definition) is 1. The molecule has 1 aromatic carbocycles. The van der Waals surface area contributed by atoms with Gasteiger partial charge in [0.05, 0.1) is 0 Å². The number of halogens is 3. The van der Waals surface area contributed by atoms with Gasteiger partial charge in [-0.15, -0.1) is 0 Å². The number of hydrogen-bond acceptors (Lipinski definition) is 1. The molecule has 2 nitrogen and oxygen atoms in total. The summed E-state index contributed by atoms with van der Waals surface area (Å²) in [6, 6.07) is 4.20. The van der Waals surface area contributed by atoms with Crippen LogP contribution in [-0.2, 0) is 0 Å². The lowest BCUT2D eigenvalue weighted by atomic mass is 10.2. The normalized spacial score (nSPS) is 12.2. The van der Waals surface area contributed by atoms with Gasteiger partial charge in [-0.1, -0.05) is 38.8 Å². The van der Waals surface area contributed by atoms with Gasteiger partial charge in [-0.25, -0.2) is 4.39 Å². The molecule has 0 fully saturated rings. The Morgan fingerprint density at radius 2 is 2.19 bits per heavy atom. The van der Waals surface area contributed by atoms with Gasteiger partial charge in [0.25, 0.3) is 5.91 Å². The van der Waals surface area contributed by atoms with Crippen LogP contribution in [0.5, 0.6) is 0 Å². The van der Waals surface area contributed by atoms with E-state index < -0.39 is 5.82 Å². The molecule has 0 aliphatic heterocycles. The molecule has 1 unspecified atom stereocenters. The van der Waals surface area contributed by atoms with E-state index in [4.69, 9.17) is 0 Å². The van der Waals surface area contributed by atoms with E-state index in [0.717, 1.165) is 6.42 Å². The quantitative estimate of drug-likeness (QED) is 0.825. The third-order valence-corrected chi connectivity index (χ3v) is 3.38. The Balaban J connectivity index is 2.80. The molecule has 0 aromatic heterocycles. The lowest BCUT2D eigenvalue weighted by Crippen LogP contribution is -2.35. The van der Waals surface area contributed by atoms with Crippen LogP contribution in [0.1, 0.15) is 23.7 Å². The summed E-state index contributed by atoms with van der Waals surface area (Å²) >= 11 is 6.46. The van der Waals surface area contributed by atoms with E-state index in [1.165, 1.54) is 12.1 Å². The van der Waals surface area contributed by atoms with E-state index >= 15 is 0 Å². The molecule has 1 N–H and O–H groups in total. The summed E-state index contributed by atoms with van der Waals surface area (Å²) in [5.41, 5.74) is 0.325. The molecule has 1 aromatic rings. The fourth-order valence-corrected chi connectivity index (χ4v) is 2.29.